The fourth-order valence-electron chi connectivity index (χ4n) is 2.78. The SMILES string of the molecule is CC(C)(C)c1ccccc1OCCNC(=O)C1CCNCC1.Cl. The molecule has 4 nitrogen and oxygen atoms in total. The summed E-state index contributed by atoms with van der Waals surface area (Å²) < 4.78 is 5.87. The predicted octanol–water partition coefficient (Wildman–Crippen LogP) is 2.90. The average molecular weight is 341 g/mol. The van der Waals surface area contributed by atoms with Gasteiger partial charge in [0.25, 0.3) is 0 Å². The number of rotatable bonds is 5. The minimum Gasteiger partial charge on any atom is -0.491 e. The molecular weight excluding hydrogens is 312 g/mol. The zero-order chi connectivity index (χ0) is 16.0. The van der Waals surface area contributed by atoms with Crippen molar-refractivity contribution in [1.29, 1.82) is 0 Å². The predicted molar refractivity (Wildman–Crippen MR) is 96.5 cm³/mol. The molecule has 1 aromatic carbocycles. The van der Waals surface area contributed by atoms with Gasteiger partial charge in [0, 0.05) is 5.92 Å². The molecule has 2 N–H and O–H groups in total. The maximum absolute atomic E-state index is 12.0. The molecule has 0 aromatic heterocycles. The first-order valence-electron chi connectivity index (χ1n) is 8.19. The van der Waals surface area contributed by atoms with Gasteiger partial charge in [0.1, 0.15) is 12.4 Å². The number of hydrogen-bond acceptors (Lipinski definition) is 3. The third kappa shape index (κ3) is 6.04. The highest BCUT2D eigenvalue weighted by Gasteiger charge is 2.21. The highest BCUT2D eigenvalue weighted by Crippen LogP contribution is 2.30. The van der Waals surface area contributed by atoms with E-state index in [4.69, 9.17) is 4.74 Å². The third-order valence-corrected chi connectivity index (χ3v) is 4.06. The second-order valence-electron chi connectivity index (χ2n) is 6.91. The summed E-state index contributed by atoms with van der Waals surface area (Å²) >= 11 is 0. The van der Waals surface area contributed by atoms with Crippen molar-refractivity contribution in [3.05, 3.63) is 29.8 Å². The molecule has 1 amide bonds. The molecule has 0 atom stereocenters. The normalized spacial score (nSPS) is 15.6. The van der Waals surface area contributed by atoms with Crippen LogP contribution in [0.3, 0.4) is 0 Å². The van der Waals surface area contributed by atoms with Crippen LogP contribution in [0.4, 0.5) is 0 Å². The van der Waals surface area contributed by atoms with Gasteiger partial charge in [0.2, 0.25) is 5.91 Å². The van der Waals surface area contributed by atoms with Crippen molar-refractivity contribution in [3.63, 3.8) is 0 Å². The van der Waals surface area contributed by atoms with Crippen LogP contribution >= 0.6 is 12.4 Å². The number of nitrogens with one attached hydrogen (secondary N) is 2. The lowest BCUT2D eigenvalue weighted by atomic mass is 9.86. The fraction of sp³-hybridized carbons (Fsp3) is 0.611. The van der Waals surface area contributed by atoms with Crippen molar-refractivity contribution < 1.29 is 9.53 Å². The highest BCUT2D eigenvalue weighted by atomic mass is 35.5. The lowest BCUT2D eigenvalue weighted by Crippen LogP contribution is -2.39. The molecule has 0 saturated carbocycles. The van der Waals surface area contributed by atoms with Crippen LogP contribution in [0.2, 0.25) is 0 Å². The number of carbonyl (C=O) groups is 1. The van der Waals surface area contributed by atoms with E-state index in [0.29, 0.717) is 13.2 Å². The lowest BCUT2D eigenvalue weighted by molar-refractivity contribution is -0.125. The molecular formula is C18H29ClN2O2. The fourth-order valence-corrected chi connectivity index (χ4v) is 2.78. The van der Waals surface area contributed by atoms with Crippen molar-refractivity contribution >= 4 is 18.3 Å². The first-order valence-corrected chi connectivity index (χ1v) is 8.19. The Morgan fingerprint density at radius 2 is 1.91 bits per heavy atom. The van der Waals surface area contributed by atoms with Gasteiger partial charge < -0.3 is 15.4 Å². The first kappa shape index (κ1) is 19.8. The van der Waals surface area contributed by atoms with Gasteiger partial charge in [-0.15, -0.1) is 12.4 Å². The molecule has 1 aliphatic heterocycles. The van der Waals surface area contributed by atoms with E-state index in [1.807, 2.05) is 18.2 Å². The number of carbonyl (C=O) groups excluding carboxylic acids is 1. The zero-order valence-electron chi connectivity index (χ0n) is 14.4. The Morgan fingerprint density at radius 3 is 2.57 bits per heavy atom. The van der Waals surface area contributed by atoms with Crippen molar-refractivity contribution in [2.45, 2.75) is 39.0 Å². The topological polar surface area (TPSA) is 50.4 Å². The highest BCUT2D eigenvalue weighted by molar-refractivity contribution is 5.85. The molecule has 0 aliphatic carbocycles. The van der Waals surface area contributed by atoms with E-state index in [1.165, 1.54) is 5.56 Å². The van der Waals surface area contributed by atoms with Gasteiger partial charge in [-0.05, 0) is 43.0 Å². The van der Waals surface area contributed by atoms with Crippen molar-refractivity contribution in [1.82, 2.24) is 10.6 Å². The smallest absolute Gasteiger partial charge is 0.223 e. The Balaban J connectivity index is 0.00000264. The van der Waals surface area contributed by atoms with Crippen LogP contribution in [0.5, 0.6) is 5.75 Å². The molecule has 0 unspecified atom stereocenters. The van der Waals surface area contributed by atoms with Gasteiger partial charge in [-0.1, -0.05) is 39.0 Å². The van der Waals surface area contributed by atoms with Crippen LogP contribution in [-0.2, 0) is 10.2 Å². The summed E-state index contributed by atoms with van der Waals surface area (Å²) in [5, 5.41) is 6.26. The number of benzene rings is 1. The van der Waals surface area contributed by atoms with Crippen molar-refractivity contribution in [2.24, 2.45) is 5.92 Å². The zero-order valence-corrected chi connectivity index (χ0v) is 15.2. The number of piperidine rings is 1. The minimum atomic E-state index is 0. The summed E-state index contributed by atoms with van der Waals surface area (Å²) in [5.41, 5.74) is 1.24. The Bertz CT molecular complexity index is 494. The monoisotopic (exact) mass is 340 g/mol. The Labute approximate surface area is 145 Å². The van der Waals surface area contributed by atoms with Crippen LogP contribution < -0.4 is 15.4 Å². The molecule has 2 rings (SSSR count). The number of halogens is 1. The number of hydrogen-bond donors (Lipinski definition) is 2. The maximum Gasteiger partial charge on any atom is 0.223 e. The molecule has 1 aromatic rings. The summed E-state index contributed by atoms with van der Waals surface area (Å²) in [6, 6.07) is 8.11. The molecule has 1 aliphatic rings. The summed E-state index contributed by atoms with van der Waals surface area (Å²) in [7, 11) is 0. The summed E-state index contributed by atoms with van der Waals surface area (Å²) in [4.78, 5) is 12.0. The summed E-state index contributed by atoms with van der Waals surface area (Å²) in [6.45, 7) is 9.46. The van der Waals surface area contributed by atoms with Gasteiger partial charge in [0.15, 0.2) is 0 Å². The van der Waals surface area contributed by atoms with Gasteiger partial charge in [-0.3, -0.25) is 4.79 Å². The van der Waals surface area contributed by atoms with Crippen LogP contribution in [0.15, 0.2) is 24.3 Å². The molecule has 0 bridgehead atoms. The molecule has 0 spiro atoms. The minimum absolute atomic E-state index is 0. The summed E-state index contributed by atoms with van der Waals surface area (Å²) in [5.74, 6) is 1.23. The van der Waals surface area contributed by atoms with Crippen molar-refractivity contribution in [3.8, 4) is 5.75 Å². The quantitative estimate of drug-likeness (QED) is 0.810. The molecule has 1 saturated heterocycles. The first-order chi connectivity index (χ1) is 10.5. The number of ether oxygens (including phenoxy) is 1. The molecule has 5 heteroatoms. The van der Waals surface area contributed by atoms with E-state index in [-0.39, 0.29) is 29.6 Å². The number of para-hydroxylation sites is 1. The molecule has 130 valence electrons. The second kappa shape index (κ2) is 9.14. The standard InChI is InChI=1S/C18H28N2O2.ClH/c1-18(2,3)15-6-4-5-7-16(15)22-13-12-20-17(21)14-8-10-19-11-9-14;/h4-7,14,19H,8-13H2,1-3H3,(H,20,21);1H. The van der Waals surface area contributed by atoms with Gasteiger partial charge in [-0.2, -0.15) is 0 Å². The van der Waals surface area contributed by atoms with E-state index in [0.717, 1.165) is 31.7 Å². The van der Waals surface area contributed by atoms with E-state index in [2.05, 4.69) is 37.5 Å². The molecule has 0 radical (unpaired) electrons. The molecule has 23 heavy (non-hydrogen) atoms. The second-order valence-corrected chi connectivity index (χ2v) is 6.91. The molecule has 1 fully saturated rings. The van der Waals surface area contributed by atoms with Gasteiger partial charge in [0.05, 0.1) is 6.54 Å². The van der Waals surface area contributed by atoms with Crippen LogP contribution in [-0.4, -0.2) is 32.1 Å². The molecule has 1 heterocycles. The van der Waals surface area contributed by atoms with Crippen LogP contribution in [0, 0.1) is 5.92 Å². The summed E-state index contributed by atoms with van der Waals surface area (Å²) in [6.07, 6.45) is 1.86. The average Bonchev–Trinajstić information content (AvgIpc) is 2.51. The van der Waals surface area contributed by atoms with E-state index in [1.54, 1.807) is 0 Å². The van der Waals surface area contributed by atoms with Gasteiger partial charge in [-0.25, -0.2) is 0 Å². The van der Waals surface area contributed by atoms with E-state index < -0.39 is 0 Å². The van der Waals surface area contributed by atoms with E-state index >= 15 is 0 Å². The maximum atomic E-state index is 12.0. The van der Waals surface area contributed by atoms with Crippen LogP contribution in [0.1, 0.15) is 39.2 Å². The Hall–Kier alpha value is -1.26. The van der Waals surface area contributed by atoms with Crippen LogP contribution in [0.25, 0.3) is 0 Å². The Morgan fingerprint density at radius 1 is 1.26 bits per heavy atom. The Kier molecular flexibility index (Phi) is 7.86. The van der Waals surface area contributed by atoms with Crippen molar-refractivity contribution in [2.75, 3.05) is 26.2 Å². The van der Waals surface area contributed by atoms with Gasteiger partial charge >= 0.3 is 0 Å². The third-order valence-electron chi connectivity index (χ3n) is 4.06. The largest absolute Gasteiger partial charge is 0.491 e. The lowest BCUT2D eigenvalue weighted by Gasteiger charge is -2.23. The van der Waals surface area contributed by atoms with E-state index in [9.17, 15) is 4.79 Å². The number of amides is 1.